The van der Waals surface area contributed by atoms with E-state index in [4.69, 9.17) is 21.1 Å². The molecule has 2 N–H and O–H groups in total. The summed E-state index contributed by atoms with van der Waals surface area (Å²) in [6.07, 6.45) is 0.414. The van der Waals surface area contributed by atoms with Crippen molar-refractivity contribution < 1.29 is 19.1 Å². The Hall–Kier alpha value is -2.83. The maximum absolute atomic E-state index is 11.8. The molecule has 0 aromatic heterocycles. The van der Waals surface area contributed by atoms with Crippen molar-refractivity contribution in [2.75, 3.05) is 19.8 Å². The Morgan fingerprint density at radius 3 is 2.39 bits per heavy atom. The molecular formula is C21H23ClN2O4. The minimum absolute atomic E-state index is 0.0251. The molecule has 0 radical (unpaired) electrons. The Morgan fingerprint density at radius 2 is 1.68 bits per heavy atom. The molecule has 0 spiro atoms. The van der Waals surface area contributed by atoms with E-state index in [1.807, 2.05) is 30.3 Å². The molecule has 2 aromatic rings. The van der Waals surface area contributed by atoms with Gasteiger partial charge < -0.3 is 20.1 Å². The Bertz CT molecular complexity index is 779. The van der Waals surface area contributed by atoms with Gasteiger partial charge in [-0.3, -0.25) is 9.59 Å². The molecule has 0 aliphatic rings. The van der Waals surface area contributed by atoms with Crippen LogP contribution < -0.4 is 15.4 Å². The quantitative estimate of drug-likeness (QED) is 0.605. The van der Waals surface area contributed by atoms with Gasteiger partial charge >= 0.3 is 0 Å². The normalized spacial score (nSPS) is 10.2. The van der Waals surface area contributed by atoms with Crippen molar-refractivity contribution in [3.8, 4) is 5.75 Å². The lowest BCUT2D eigenvalue weighted by Crippen LogP contribution is -2.32. The van der Waals surface area contributed by atoms with Crippen molar-refractivity contribution in [1.82, 2.24) is 10.6 Å². The van der Waals surface area contributed by atoms with E-state index in [2.05, 4.69) is 17.2 Å². The monoisotopic (exact) mass is 402 g/mol. The summed E-state index contributed by atoms with van der Waals surface area (Å²) in [5, 5.41) is 5.94. The van der Waals surface area contributed by atoms with Crippen LogP contribution in [0.15, 0.2) is 66.9 Å². The Morgan fingerprint density at radius 1 is 0.964 bits per heavy atom. The molecule has 2 aromatic carbocycles. The number of hydrogen-bond donors (Lipinski definition) is 2. The number of nitrogens with one attached hydrogen (secondary N) is 2. The largest absolute Gasteiger partial charge is 0.484 e. The van der Waals surface area contributed by atoms with E-state index in [0.717, 1.165) is 5.56 Å². The van der Waals surface area contributed by atoms with E-state index in [1.165, 1.54) is 0 Å². The lowest BCUT2D eigenvalue weighted by molar-refractivity contribution is -0.126. The highest BCUT2D eigenvalue weighted by molar-refractivity contribution is 6.30. The van der Waals surface area contributed by atoms with Crippen LogP contribution in [0.2, 0.25) is 5.02 Å². The fourth-order valence-electron chi connectivity index (χ4n) is 2.22. The molecule has 0 fully saturated rings. The van der Waals surface area contributed by atoms with Crippen LogP contribution in [0.4, 0.5) is 0 Å². The minimum Gasteiger partial charge on any atom is -0.484 e. The van der Waals surface area contributed by atoms with Gasteiger partial charge in [0.1, 0.15) is 12.4 Å². The van der Waals surface area contributed by atoms with Gasteiger partial charge in [-0.15, -0.1) is 0 Å². The van der Waals surface area contributed by atoms with Gasteiger partial charge in [-0.05, 0) is 29.8 Å². The molecule has 2 rings (SSSR count). The molecule has 0 atom stereocenters. The molecule has 0 saturated heterocycles. The lowest BCUT2D eigenvalue weighted by atomic mass is 10.2. The van der Waals surface area contributed by atoms with Crippen LogP contribution in [0, 0.1) is 0 Å². The van der Waals surface area contributed by atoms with E-state index < -0.39 is 0 Å². The molecule has 2 amide bonds. The van der Waals surface area contributed by atoms with Crippen LogP contribution in [0.1, 0.15) is 12.0 Å². The number of halogens is 1. The smallest absolute Gasteiger partial charge is 0.262 e. The van der Waals surface area contributed by atoms with Gasteiger partial charge in [0.25, 0.3) is 5.91 Å². The zero-order valence-corrected chi connectivity index (χ0v) is 16.2. The fraction of sp³-hybridized carbons (Fsp3) is 0.238. The van der Waals surface area contributed by atoms with Gasteiger partial charge in [0.05, 0.1) is 6.61 Å². The zero-order chi connectivity index (χ0) is 20.2. The Balaban J connectivity index is 1.54. The highest BCUT2D eigenvalue weighted by atomic mass is 35.5. The molecule has 0 aliphatic carbocycles. The summed E-state index contributed by atoms with van der Waals surface area (Å²) in [7, 11) is 0. The maximum atomic E-state index is 11.8. The Kier molecular flexibility index (Phi) is 9.04. The van der Waals surface area contributed by atoms with Crippen molar-refractivity contribution in [2.24, 2.45) is 0 Å². The number of carbonyl (C=O) groups excluding carboxylic acids is 2. The summed E-state index contributed by atoms with van der Waals surface area (Å²) in [6.45, 7) is 4.34. The van der Waals surface area contributed by atoms with Crippen molar-refractivity contribution in [3.63, 3.8) is 0 Å². The van der Waals surface area contributed by atoms with Crippen LogP contribution in [0.25, 0.3) is 0 Å². The number of hydrogen-bond acceptors (Lipinski definition) is 4. The van der Waals surface area contributed by atoms with Crippen LogP contribution in [0.5, 0.6) is 5.75 Å². The molecule has 6 nitrogen and oxygen atoms in total. The second kappa shape index (κ2) is 11.8. The highest BCUT2D eigenvalue weighted by Gasteiger charge is 2.06. The van der Waals surface area contributed by atoms with E-state index in [-0.39, 0.29) is 25.0 Å². The van der Waals surface area contributed by atoms with Gasteiger partial charge in [-0.1, -0.05) is 48.5 Å². The second-order valence-electron chi connectivity index (χ2n) is 5.97. The summed E-state index contributed by atoms with van der Waals surface area (Å²) in [4.78, 5) is 23.6. The molecule has 0 unspecified atom stereocenters. The maximum Gasteiger partial charge on any atom is 0.262 e. The average Bonchev–Trinajstić information content (AvgIpc) is 2.68. The molecular weight excluding hydrogens is 380 g/mol. The summed E-state index contributed by atoms with van der Waals surface area (Å²) in [5.74, 6) is 0.00605. The number of amides is 2. The fourth-order valence-corrected chi connectivity index (χ4v) is 2.34. The summed E-state index contributed by atoms with van der Waals surface area (Å²) < 4.78 is 10.7. The second-order valence-corrected chi connectivity index (χ2v) is 6.41. The molecule has 0 saturated carbocycles. The molecule has 0 heterocycles. The SMILES string of the molecule is C=C(CCNC(=O)COCc1ccccc1)NC(=O)COc1ccc(Cl)cc1. The topological polar surface area (TPSA) is 76.7 Å². The third-order valence-electron chi connectivity index (χ3n) is 3.59. The van der Waals surface area contributed by atoms with Crippen LogP contribution in [-0.2, 0) is 20.9 Å². The minimum atomic E-state index is -0.322. The Labute approximate surface area is 169 Å². The number of carbonyl (C=O) groups is 2. The van der Waals surface area contributed by atoms with E-state index in [9.17, 15) is 9.59 Å². The zero-order valence-electron chi connectivity index (χ0n) is 15.4. The third-order valence-corrected chi connectivity index (χ3v) is 3.85. The van der Waals surface area contributed by atoms with Crippen molar-refractivity contribution >= 4 is 23.4 Å². The van der Waals surface area contributed by atoms with Gasteiger partial charge in [-0.25, -0.2) is 0 Å². The highest BCUT2D eigenvalue weighted by Crippen LogP contribution is 2.15. The predicted octanol–water partition coefficient (Wildman–Crippen LogP) is 3.07. The number of benzene rings is 2. The molecule has 28 heavy (non-hydrogen) atoms. The molecule has 148 valence electrons. The first-order valence-corrected chi connectivity index (χ1v) is 9.15. The summed E-state index contributed by atoms with van der Waals surface area (Å²) in [6, 6.07) is 16.3. The van der Waals surface area contributed by atoms with Crippen LogP contribution in [0.3, 0.4) is 0 Å². The predicted molar refractivity (Wildman–Crippen MR) is 108 cm³/mol. The van der Waals surface area contributed by atoms with E-state index in [0.29, 0.717) is 36.0 Å². The van der Waals surface area contributed by atoms with Gasteiger partial charge in [-0.2, -0.15) is 0 Å². The van der Waals surface area contributed by atoms with E-state index >= 15 is 0 Å². The summed E-state index contributed by atoms with van der Waals surface area (Å²) >= 11 is 5.79. The molecule has 7 heteroatoms. The third kappa shape index (κ3) is 8.70. The van der Waals surface area contributed by atoms with E-state index in [1.54, 1.807) is 24.3 Å². The van der Waals surface area contributed by atoms with Crippen molar-refractivity contribution in [1.29, 1.82) is 0 Å². The van der Waals surface area contributed by atoms with Gasteiger partial charge in [0.2, 0.25) is 5.91 Å². The molecule has 0 bridgehead atoms. The standard InChI is InChI=1S/C21H23ClN2O4/c1-16(24-21(26)15-28-19-9-7-18(22)8-10-19)11-12-23-20(25)14-27-13-17-5-3-2-4-6-17/h2-10H,1,11-15H2,(H,23,25)(H,24,26). The average molecular weight is 403 g/mol. The lowest BCUT2D eigenvalue weighted by Gasteiger charge is -2.11. The number of ether oxygens (including phenoxy) is 2. The van der Waals surface area contributed by atoms with Crippen LogP contribution in [-0.4, -0.2) is 31.6 Å². The van der Waals surface area contributed by atoms with Crippen molar-refractivity contribution in [3.05, 3.63) is 77.5 Å². The number of rotatable bonds is 11. The first kappa shape index (κ1) is 21.5. The molecule has 0 aliphatic heterocycles. The summed E-state index contributed by atoms with van der Waals surface area (Å²) in [5.41, 5.74) is 1.50. The first-order chi connectivity index (χ1) is 13.5. The van der Waals surface area contributed by atoms with Gasteiger partial charge in [0.15, 0.2) is 6.61 Å². The van der Waals surface area contributed by atoms with Gasteiger partial charge in [0, 0.05) is 23.7 Å². The first-order valence-electron chi connectivity index (χ1n) is 8.77. The van der Waals surface area contributed by atoms with Crippen molar-refractivity contribution in [2.45, 2.75) is 13.0 Å². The van der Waals surface area contributed by atoms with Crippen LogP contribution >= 0.6 is 11.6 Å².